The molecule has 38 heavy (non-hydrogen) atoms. The Morgan fingerprint density at radius 1 is 0.921 bits per heavy atom. The first kappa shape index (κ1) is 30.2. The lowest BCUT2D eigenvalue weighted by Crippen LogP contribution is -2.58. The molecule has 0 aliphatic carbocycles. The van der Waals surface area contributed by atoms with E-state index < -0.39 is 54.5 Å². The molecule has 1 aromatic heterocycles. The molecule has 11 N–H and O–H groups in total. The smallest absolute Gasteiger partial charge is 0.326 e. The normalized spacial score (nSPS) is 14.1. The van der Waals surface area contributed by atoms with Gasteiger partial charge < -0.3 is 47.7 Å². The number of aliphatic hydroxyl groups is 1. The molecule has 2 rings (SSSR count). The molecule has 1 aromatic carbocycles. The van der Waals surface area contributed by atoms with Gasteiger partial charge in [0.2, 0.25) is 17.7 Å². The summed E-state index contributed by atoms with van der Waals surface area (Å²) in [5.74, 6) is -3.48. The number of aliphatic carboxylic acids is 1. The average Bonchev–Trinajstić information content (AvgIpc) is 3.41. The van der Waals surface area contributed by atoms with Crippen LogP contribution in [0.1, 0.15) is 30.5 Å². The Kier molecular flexibility index (Phi) is 12.2. The Bertz CT molecular complexity index is 1050. The number of carbonyl (C=O) groups is 4. The standard InChI is InChI=1S/C24H35N7O7/c25-8-2-1-3-18(24(37)38)29-23(36)20(10-15-11-27-13-28-15)31-22(35)19(30-21(34)17(26)12-32)9-14-4-6-16(33)7-5-14/h4-7,11,13,17-20,32-33H,1-3,8-10,12,25-26H2,(H,27,28)(H,29,36)(H,30,34)(H,31,35)(H,37,38). The summed E-state index contributed by atoms with van der Waals surface area (Å²) >= 11 is 0. The van der Waals surface area contributed by atoms with Crippen LogP contribution in [0.25, 0.3) is 0 Å². The molecule has 0 fully saturated rings. The number of imidazole rings is 1. The predicted octanol–water partition coefficient (Wildman–Crippen LogP) is -2.11. The fraction of sp³-hybridized carbons (Fsp3) is 0.458. The van der Waals surface area contributed by atoms with Gasteiger partial charge in [0.25, 0.3) is 0 Å². The van der Waals surface area contributed by atoms with Crippen molar-refractivity contribution in [2.24, 2.45) is 11.5 Å². The van der Waals surface area contributed by atoms with Crippen LogP contribution in [0.15, 0.2) is 36.8 Å². The van der Waals surface area contributed by atoms with Crippen molar-refractivity contribution < 1.29 is 34.5 Å². The lowest BCUT2D eigenvalue weighted by Gasteiger charge is -2.25. The van der Waals surface area contributed by atoms with Crippen LogP contribution in [0, 0.1) is 0 Å². The van der Waals surface area contributed by atoms with E-state index in [1.807, 2.05) is 0 Å². The van der Waals surface area contributed by atoms with E-state index >= 15 is 0 Å². The van der Waals surface area contributed by atoms with Gasteiger partial charge in [-0.3, -0.25) is 14.4 Å². The number of aromatic amines is 1. The van der Waals surface area contributed by atoms with Crippen LogP contribution in [-0.2, 0) is 32.0 Å². The molecule has 0 bridgehead atoms. The Morgan fingerprint density at radius 3 is 2.08 bits per heavy atom. The van der Waals surface area contributed by atoms with Gasteiger partial charge in [-0.25, -0.2) is 9.78 Å². The third kappa shape index (κ3) is 9.80. The zero-order chi connectivity index (χ0) is 28.1. The van der Waals surface area contributed by atoms with Crippen LogP contribution >= 0.6 is 0 Å². The van der Waals surface area contributed by atoms with Crippen molar-refractivity contribution in [2.75, 3.05) is 13.2 Å². The van der Waals surface area contributed by atoms with E-state index in [1.165, 1.54) is 24.7 Å². The summed E-state index contributed by atoms with van der Waals surface area (Å²) < 4.78 is 0. The van der Waals surface area contributed by atoms with E-state index in [-0.39, 0.29) is 25.0 Å². The van der Waals surface area contributed by atoms with E-state index in [0.29, 0.717) is 30.6 Å². The van der Waals surface area contributed by atoms with Crippen LogP contribution in [0.5, 0.6) is 5.75 Å². The van der Waals surface area contributed by atoms with Crippen molar-refractivity contribution in [3.05, 3.63) is 48.0 Å². The molecule has 1 heterocycles. The number of carboxylic acids is 1. The highest BCUT2D eigenvalue weighted by Crippen LogP contribution is 2.12. The number of amides is 3. The number of aromatic hydroxyl groups is 1. The molecule has 3 amide bonds. The van der Waals surface area contributed by atoms with Gasteiger partial charge in [0, 0.05) is 24.7 Å². The zero-order valence-electron chi connectivity index (χ0n) is 20.8. The number of aliphatic hydroxyl groups excluding tert-OH is 1. The number of phenolic OH excluding ortho intramolecular Hbond substituents is 1. The first-order valence-electron chi connectivity index (χ1n) is 12.1. The highest BCUT2D eigenvalue weighted by atomic mass is 16.4. The Hall–Kier alpha value is -4.01. The summed E-state index contributed by atoms with van der Waals surface area (Å²) in [6.45, 7) is -0.266. The van der Waals surface area contributed by atoms with E-state index in [9.17, 15) is 34.5 Å². The number of nitrogens with zero attached hydrogens (tertiary/aromatic N) is 1. The third-order valence-corrected chi connectivity index (χ3v) is 5.72. The molecular weight excluding hydrogens is 498 g/mol. The molecule has 0 spiro atoms. The number of rotatable bonds is 16. The number of nitrogens with two attached hydrogens (primary N) is 2. The van der Waals surface area contributed by atoms with Gasteiger partial charge in [-0.2, -0.15) is 0 Å². The molecule has 0 saturated carbocycles. The highest BCUT2D eigenvalue weighted by molar-refractivity contribution is 5.94. The minimum Gasteiger partial charge on any atom is -0.508 e. The molecule has 0 saturated heterocycles. The number of nitrogens with one attached hydrogen (secondary N) is 4. The molecule has 2 aromatic rings. The maximum Gasteiger partial charge on any atom is 0.326 e. The van der Waals surface area contributed by atoms with Crippen LogP contribution in [-0.4, -0.2) is 86.3 Å². The highest BCUT2D eigenvalue weighted by Gasteiger charge is 2.31. The lowest BCUT2D eigenvalue weighted by atomic mass is 10.0. The van der Waals surface area contributed by atoms with E-state index in [2.05, 4.69) is 25.9 Å². The van der Waals surface area contributed by atoms with Gasteiger partial charge in [0.05, 0.1) is 12.9 Å². The number of hydrogen-bond donors (Lipinski definition) is 9. The number of unbranched alkanes of at least 4 members (excludes halogenated alkanes) is 1. The van der Waals surface area contributed by atoms with E-state index in [0.717, 1.165) is 0 Å². The fourth-order valence-corrected chi connectivity index (χ4v) is 3.56. The summed E-state index contributed by atoms with van der Waals surface area (Å²) in [6.07, 6.45) is 4.01. The second kappa shape index (κ2) is 15.3. The van der Waals surface area contributed by atoms with Gasteiger partial charge in [0.15, 0.2) is 0 Å². The van der Waals surface area contributed by atoms with Crippen molar-refractivity contribution >= 4 is 23.7 Å². The van der Waals surface area contributed by atoms with Crippen molar-refractivity contribution in [3.8, 4) is 5.75 Å². The number of carboxylic acid groups (broad SMARTS) is 1. The van der Waals surface area contributed by atoms with Gasteiger partial charge >= 0.3 is 5.97 Å². The van der Waals surface area contributed by atoms with Crippen LogP contribution < -0.4 is 27.4 Å². The number of aromatic nitrogens is 2. The number of H-pyrrole nitrogens is 1. The Morgan fingerprint density at radius 2 is 1.53 bits per heavy atom. The summed E-state index contributed by atoms with van der Waals surface area (Å²) in [7, 11) is 0. The summed E-state index contributed by atoms with van der Waals surface area (Å²) in [4.78, 5) is 57.2. The van der Waals surface area contributed by atoms with Crippen molar-refractivity contribution in [1.29, 1.82) is 0 Å². The monoisotopic (exact) mass is 533 g/mol. The Balaban J connectivity index is 2.24. The molecule has 14 nitrogen and oxygen atoms in total. The quantitative estimate of drug-likeness (QED) is 0.106. The number of carbonyl (C=O) groups excluding carboxylic acids is 3. The number of hydrogen-bond acceptors (Lipinski definition) is 9. The maximum atomic E-state index is 13.3. The van der Waals surface area contributed by atoms with Gasteiger partial charge in [0.1, 0.15) is 29.9 Å². The van der Waals surface area contributed by atoms with E-state index in [4.69, 9.17) is 11.5 Å². The van der Waals surface area contributed by atoms with Crippen molar-refractivity contribution in [1.82, 2.24) is 25.9 Å². The molecular formula is C24H35N7O7. The minimum absolute atomic E-state index is 0.0110. The van der Waals surface area contributed by atoms with Crippen molar-refractivity contribution in [3.63, 3.8) is 0 Å². The van der Waals surface area contributed by atoms with Crippen LogP contribution in [0.2, 0.25) is 0 Å². The minimum atomic E-state index is -1.28. The van der Waals surface area contributed by atoms with Gasteiger partial charge in [-0.05, 0) is 43.5 Å². The topological polar surface area (TPSA) is 246 Å². The van der Waals surface area contributed by atoms with Gasteiger partial charge in [-0.1, -0.05) is 12.1 Å². The first-order chi connectivity index (χ1) is 18.1. The first-order valence-corrected chi connectivity index (χ1v) is 12.1. The zero-order valence-corrected chi connectivity index (χ0v) is 20.8. The lowest BCUT2D eigenvalue weighted by molar-refractivity contribution is -0.142. The molecule has 4 atom stereocenters. The summed E-state index contributed by atoms with van der Waals surface area (Å²) in [5.41, 5.74) is 12.1. The maximum absolute atomic E-state index is 13.3. The number of phenols is 1. The van der Waals surface area contributed by atoms with Gasteiger partial charge in [-0.15, -0.1) is 0 Å². The van der Waals surface area contributed by atoms with Crippen LogP contribution in [0.4, 0.5) is 0 Å². The predicted molar refractivity (Wildman–Crippen MR) is 135 cm³/mol. The van der Waals surface area contributed by atoms with E-state index in [1.54, 1.807) is 12.1 Å². The van der Waals surface area contributed by atoms with Crippen molar-refractivity contribution in [2.45, 2.75) is 56.3 Å². The third-order valence-electron chi connectivity index (χ3n) is 5.72. The molecule has 208 valence electrons. The second-order valence-corrected chi connectivity index (χ2v) is 8.75. The molecule has 14 heteroatoms. The molecule has 4 unspecified atom stereocenters. The molecule has 0 aliphatic heterocycles. The molecule has 0 radical (unpaired) electrons. The fourth-order valence-electron chi connectivity index (χ4n) is 3.56. The molecule has 0 aliphatic rings. The van der Waals surface area contributed by atoms with Crippen LogP contribution in [0.3, 0.4) is 0 Å². The Labute approximate surface area is 219 Å². The average molecular weight is 534 g/mol. The summed E-state index contributed by atoms with van der Waals surface area (Å²) in [5, 5.41) is 35.8. The summed E-state index contributed by atoms with van der Waals surface area (Å²) in [6, 6.07) is 1.05. The number of benzene rings is 1. The largest absolute Gasteiger partial charge is 0.508 e. The SMILES string of the molecule is NCCCCC(NC(=O)C(Cc1cnc[nH]1)NC(=O)C(Cc1ccc(O)cc1)NC(=O)C(N)CO)C(=O)O. The second-order valence-electron chi connectivity index (χ2n) is 8.75.